The number of carbonyl (C=O) groups is 1. The zero-order valence-corrected chi connectivity index (χ0v) is 18.5. The van der Waals surface area contributed by atoms with Crippen LogP contribution < -0.4 is 9.62 Å². The Morgan fingerprint density at radius 3 is 2.31 bits per heavy atom. The predicted molar refractivity (Wildman–Crippen MR) is 114 cm³/mol. The van der Waals surface area contributed by atoms with Gasteiger partial charge < -0.3 is 9.80 Å². The standard InChI is InChI=1S/C21H34N4O3S/c1-3-18(4-2)23-29(27,28)19-8-9-20(22-16-19)24-14-10-17(11-15-24)21(26)25-12-6-5-7-13-25/h8-9,16-18,23H,3-7,10-15H2,1-2H3. The third kappa shape index (κ3) is 5.48. The lowest BCUT2D eigenvalue weighted by Gasteiger charge is -2.36. The van der Waals surface area contributed by atoms with Gasteiger partial charge in [0.15, 0.2) is 0 Å². The molecule has 0 spiro atoms. The van der Waals surface area contributed by atoms with Crippen molar-refractivity contribution in [3.63, 3.8) is 0 Å². The van der Waals surface area contributed by atoms with Crippen LogP contribution in [-0.4, -0.2) is 56.4 Å². The third-order valence-electron chi connectivity index (χ3n) is 6.17. The molecule has 0 aliphatic carbocycles. The van der Waals surface area contributed by atoms with E-state index in [1.807, 2.05) is 18.7 Å². The van der Waals surface area contributed by atoms with E-state index < -0.39 is 10.0 Å². The Morgan fingerprint density at radius 1 is 1.10 bits per heavy atom. The van der Waals surface area contributed by atoms with E-state index in [4.69, 9.17) is 0 Å². The van der Waals surface area contributed by atoms with Crippen molar-refractivity contribution in [1.29, 1.82) is 0 Å². The molecule has 2 fully saturated rings. The van der Waals surface area contributed by atoms with Crippen molar-refractivity contribution in [2.24, 2.45) is 5.92 Å². The molecule has 2 aliphatic rings. The SMILES string of the molecule is CCC(CC)NS(=O)(=O)c1ccc(N2CCC(C(=O)N3CCCCC3)CC2)nc1. The molecule has 0 radical (unpaired) electrons. The zero-order chi connectivity index (χ0) is 20.9. The number of amides is 1. The summed E-state index contributed by atoms with van der Waals surface area (Å²) in [5.74, 6) is 1.19. The van der Waals surface area contributed by atoms with Gasteiger partial charge in [-0.05, 0) is 57.1 Å². The first-order valence-electron chi connectivity index (χ1n) is 11.0. The highest BCUT2D eigenvalue weighted by Gasteiger charge is 2.29. The van der Waals surface area contributed by atoms with Gasteiger partial charge in [-0.2, -0.15) is 0 Å². The summed E-state index contributed by atoms with van der Waals surface area (Å²) in [6.45, 7) is 7.29. The van der Waals surface area contributed by atoms with E-state index in [1.54, 1.807) is 12.1 Å². The number of hydrogen-bond acceptors (Lipinski definition) is 5. The third-order valence-corrected chi connectivity index (χ3v) is 7.68. The second-order valence-electron chi connectivity index (χ2n) is 8.13. The van der Waals surface area contributed by atoms with E-state index in [0.717, 1.165) is 70.5 Å². The summed E-state index contributed by atoms with van der Waals surface area (Å²) in [6.07, 6.45) is 8.07. The first-order valence-corrected chi connectivity index (χ1v) is 12.4. The molecule has 162 valence electrons. The molecule has 29 heavy (non-hydrogen) atoms. The van der Waals surface area contributed by atoms with Gasteiger partial charge in [-0.3, -0.25) is 4.79 Å². The number of hydrogen-bond donors (Lipinski definition) is 1. The quantitative estimate of drug-likeness (QED) is 0.731. The number of piperidine rings is 2. The molecule has 3 rings (SSSR count). The van der Waals surface area contributed by atoms with Crippen LogP contribution in [0.4, 0.5) is 5.82 Å². The Hall–Kier alpha value is -1.67. The van der Waals surface area contributed by atoms with Crippen LogP contribution in [0.5, 0.6) is 0 Å². The van der Waals surface area contributed by atoms with Crippen molar-refractivity contribution in [1.82, 2.24) is 14.6 Å². The van der Waals surface area contributed by atoms with Crippen LogP contribution in [0.1, 0.15) is 58.8 Å². The van der Waals surface area contributed by atoms with Crippen LogP contribution in [-0.2, 0) is 14.8 Å². The van der Waals surface area contributed by atoms with Crippen LogP contribution in [0.2, 0.25) is 0 Å². The lowest BCUT2D eigenvalue weighted by atomic mass is 9.94. The Labute approximate surface area is 174 Å². The maximum Gasteiger partial charge on any atom is 0.242 e. The summed E-state index contributed by atoms with van der Waals surface area (Å²) >= 11 is 0. The average Bonchev–Trinajstić information content (AvgIpc) is 2.78. The summed E-state index contributed by atoms with van der Waals surface area (Å²) < 4.78 is 27.8. The molecular weight excluding hydrogens is 388 g/mol. The molecule has 0 aromatic carbocycles. The maximum absolute atomic E-state index is 12.7. The minimum Gasteiger partial charge on any atom is -0.357 e. The lowest BCUT2D eigenvalue weighted by molar-refractivity contribution is -0.137. The summed E-state index contributed by atoms with van der Waals surface area (Å²) in [6, 6.07) is 3.34. The number of nitrogens with one attached hydrogen (secondary N) is 1. The molecule has 2 saturated heterocycles. The molecule has 1 aromatic rings. The topological polar surface area (TPSA) is 82.6 Å². The molecule has 0 saturated carbocycles. The number of rotatable bonds is 7. The van der Waals surface area contributed by atoms with Crippen LogP contribution >= 0.6 is 0 Å². The van der Waals surface area contributed by atoms with Crippen molar-refractivity contribution >= 4 is 21.7 Å². The van der Waals surface area contributed by atoms with E-state index in [1.165, 1.54) is 12.6 Å². The summed E-state index contributed by atoms with van der Waals surface area (Å²) in [5.41, 5.74) is 0. The molecule has 1 N–H and O–H groups in total. The van der Waals surface area contributed by atoms with Crippen molar-refractivity contribution in [2.75, 3.05) is 31.1 Å². The highest BCUT2D eigenvalue weighted by Crippen LogP contribution is 2.25. The zero-order valence-electron chi connectivity index (χ0n) is 17.6. The Morgan fingerprint density at radius 2 is 1.76 bits per heavy atom. The van der Waals surface area contributed by atoms with Gasteiger partial charge >= 0.3 is 0 Å². The fraction of sp³-hybridized carbons (Fsp3) is 0.714. The largest absolute Gasteiger partial charge is 0.357 e. The number of anilines is 1. The molecule has 1 aromatic heterocycles. The van der Waals surface area contributed by atoms with Crippen molar-refractivity contribution < 1.29 is 13.2 Å². The van der Waals surface area contributed by atoms with E-state index in [-0.39, 0.29) is 16.9 Å². The van der Waals surface area contributed by atoms with Gasteiger partial charge in [0.2, 0.25) is 15.9 Å². The highest BCUT2D eigenvalue weighted by atomic mass is 32.2. The number of carbonyl (C=O) groups excluding carboxylic acids is 1. The monoisotopic (exact) mass is 422 g/mol. The fourth-order valence-corrected chi connectivity index (χ4v) is 5.54. The van der Waals surface area contributed by atoms with Crippen LogP contribution in [0.3, 0.4) is 0 Å². The average molecular weight is 423 g/mol. The molecule has 7 nitrogen and oxygen atoms in total. The lowest BCUT2D eigenvalue weighted by Crippen LogP contribution is -2.44. The molecule has 2 aliphatic heterocycles. The minimum atomic E-state index is -3.54. The molecule has 8 heteroatoms. The number of sulfonamides is 1. The molecule has 0 unspecified atom stereocenters. The summed E-state index contributed by atoms with van der Waals surface area (Å²) in [5, 5.41) is 0. The van der Waals surface area contributed by atoms with Gasteiger partial charge in [0.1, 0.15) is 10.7 Å². The van der Waals surface area contributed by atoms with E-state index >= 15 is 0 Å². The molecule has 0 atom stereocenters. The molecule has 1 amide bonds. The number of pyridine rings is 1. The molecule has 0 bridgehead atoms. The number of aromatic nitrogens is 1. The first kappa shape index (κ1) is 22.0. The first-order chi connectivity index (χ1) is 13.9. The van der Waals surface area contributed by atoms with E-state index in [9.17, 15) is 13.2 Å². The highest BCUT2D eigenvalue weighted by molar-refractivity contribution is 7.89. The predicted octanol–water partition coefficient (Wildman–Crippen LogP) is 2.78. The van der Waals surface area contributed by atoms with Gasteiger partial charge in [-0.15, -0.1) is 0 Å². The minimum absolute atomic E-state index is 0.0591. The second kappa shape index (κ2) is 9.89. The van der Waals surface area contributed by atoms with Gasteiger partial charge in [-0.1, -0.05) is 13.8 Å². The van der Waals surface area contributed by atoms with E-state index in [2.05, 4.69) is 14.6 Å². The summed E-state index contributed by atoms with van der Waals surface area (Å²) in [7, 11) is -3.54. The van der Waals surface area contributed by atoms with Crippen LogP contribution in [0.25, 0.3) is 0 Å². The van der Waals surface area contributed by atoms with Crippen molar-refractivity contribution in [2.45, 2.75) is 69.7 Å². The Bertz CT molecular complexity index is 764. The second-order valence-corrected chi connectivity index (χ2v) is 9.85. The molecular formula is C21H34N4O3S. The van der Waals surface area contributed by atoms with Crippen molar-refractivity contribution in [3.05, 3.63) is 18.3 Å². The van der Waals surface area contributed by atoms with Gasteiger partial charge in [-0.25, -0.2) is 18.1 Å². The van der Waals surface area contributed by atoms with Gasteiger partial charge in [0.05, 0.1) is 0 Å². The fourth-order valence-electron chi connectivity index (χ4n) is 4.19. The van der Waals surface area contributed by atoms with Gasteiger partial charge in [0, 0.05) is 44.3 Å². The van der Waals surface area contributed by atoms with E-state index in [0.29, 0.717) is 5.91 Å². The van der Waals surface area contributed by atoms with Gasteiger partial charge in [0.25, 0.3) is 0 Å². The van der Waals surface area contributed by atoms with Crippen LogP contribution in [0.15, 0.2) is 23.2 Å². The maximum atomic E-state index is 12.7. The number of nitrogens with zero attached hydrogens (tertiary/aromatic N) is 3. The van der Waals surface area contributed by atoms with Crippen molar-refractivity contribution in [3.8, 4) is 0 Å². The number of likely N-dealkylation sites (tertiary alicyclic amines) is 1. The Kier molecular flexibility index (Phi) is 7.51. The molecule has 3 heterocycles. The summed E-state index contributed by atoms with van der Waals surface area (Å²) in [4.78, 5) is 21.5. The smallest absolute Gasteiger partial charge is 0.242 e. The normalized spacial score (nSPS) is 19.0. The van der Waals surface area contributed by atoms with Crippen LogP contribution in [0, 0.1) is 5.92 Å². The Balaban J connectivity index is 1.56.